The van der Waals surface area contributed by atoms with Crippen LogP contribution in [0.25, 0.3) is 11.6 Å². The minimum absolute atomic E-state index is 0.475. The third-order valence-corrected chi connectivity index (χ3v) is 5.82. The number of nitrogens with zero attached hydrogens (tertiary/aromatic N) is 5. The predicted octanol–water partition coefficient (Wildman–Crippen LogP) is 4.46. The van der Waals surface area contributed by atoms with E-state index < -0.39 is 0 Å². The highest BCUT2D eigenvalue weighted by Gasteiger charge is 2.40. The number of rotatable bonds is 4. The molecule has 1 saturated heterocycles. The van der Waals surface area contributed by atoms with E-state index in [2.05, 4.69) is 37.0 Å². The van der Waals surface area contributed by atoms with Crippen LogP contribution in [0.4, 0.5) is 5.69 Å². The van der Waals surface area contributed by atoms with Crippen molar-refractivity contribution < 1.29 is 0 Å². The Morgan fingerprint density at radius 2 is 1.52 bits per heavy atom. The second kappa shape index (κ2) is 6.89. The molecule has 0 bridgehead atoms. The van der Waals surface area contributed by atoms with Gasteiger partial charge in [-0.25, -0.2) is 19.9 Å². The molecule has 0 radical (unpaired) electrons. The predicted molar refractivity (Wildman–Crippen MR) is 106 cm³/mol. The maximum atomic E-state index is 6.46. The summed E-state index contributed by atoms with van der Waals surface area (Å²) in [6, 6.07) is 8.28. The van der Waals surface area contributed by atoms with Gasteiger partial charge >= 0.3 is 0 Å². The fraction of sp³-hybridized carbons (Fsp3) is 0.333. The van der Waals surface area contributed by atoms with Gasteiger partial charge in [-0.15, -0.1) is 0 Å². The van der Waals surface area contributed by atoms with Gasteiger partial charge in [0, 0.05) is 37.9 Å². The average Bonchev–Trinajstić information content (AvgIpc) is 3.33. The molecule has 0 amide bonds. The summed E-state index contributed by atoms with van der Waals surface area (Å²) < 4.78 is 0. The van der Waals surface area contributed by atoms with Gasteiger partial charge in [0.15, 0.2) is 11.6 Å². The first kappa shape index (κ1) is 16.6. The van der Waals surface area contributed by atoms with E-state index in [1.807, 2.05) is 18.5 Å². The second-order valence-corrected chi connectivity index (χ2v) is 7.67. The van der Waals surface area contributed by atoms with Gasteiger partial charge in [-0.1, -0.05) is 17.7 Å². The van der Waals surface area contributed by atoms with Crippen molar-refractivity contribution in [2.45, 2.75) is 31.1 Å². The summed E-state index contributed by atoms with van der Waals surface area (Å²) in [5.74, 6) is 2.12. The Morgan fingerprint density at radius 3 is 2.26 bits per heavy atom. The first-order valence-corrected chi connectivity index (χ1v) is 9.81. The Hall–Kier alpha value is -2.53. The maximum Gasteiger partial charge on any atom is 0.197 e. The van der Waals surface area contributed by atoms with E-state index in [4.69, 9.17) is 11.6 Å². The molecule has 2 fully saturated rings. The Labute approximate surface area is 163 Å². The van der Waals surface area contributed by atoms with Crippen molar-refractivity contribution >= 4 is 17.3 Å². The summed E-state index contributed by atoms with van der Waals surface area (Å²) in [4.78, 5) is 19.7. The Morgan fingerprint density at radius 1 is 0.852 bits per heavy atom. The van der Waals surface area contributed by atoms with Crippen molar-refractivity contribution in [3.05, 3.63) is 65.2 Å². The highest BCUT2D eigenvalue weighted by molar-refractivity contribution is 6.33. The molecule has 5 rings (SSSR count). The van der Waals surface area contributed by atoms with Crippen LogP contribution in [0.2, 0.25) is 5.02 Å². The van der Waals surface area contributed by atoms with Crippen molar-refractivity contribution in [2.75, 3.05) is 18.0 Å². The molecule has 5 nitrogen and oxygen atoms in total. The molecule has 0 spiro atoms. The van der Waals surface area contributed by atoms with Gasteiger partial charge in [0.05, 0.1) is 10.7 Å². The van der Waals surface area contributed by atoms with E-state index in [9.17, 15) is 0 Å². The smallest absolute Gasteiger partial charge is 0.197 e. The zero-order valence-electron chi connectivity index (χ0n) is 14.9. The van der Waals surface area contributed by atoms with Crippen LogP contribution in [0.1, 0.15) is 42.2 Å². The van der Waals surface area contributed by atoms with E-state index in [0.717, 1.165) is 24.5 Å². The lowest BCUT2D eigenvalue weighted by Gasteiger charge is -2.20. The zero-order chi connectivity index (χ0) is 18.2. The molecule has 1 aliphatic heterocycles. The zero-order valence-corrected chi connectivity index (χ0v) is 15.7. The van der Waals surface area contributed by atoms with Gasteiger partial charge in [-0.2, -0.15) is 0 Å². The standard InChI is InChI=1S/C21H20ClN5/c22-18-5-4-14(10-19(18)27-8-1-2-9-27)16-11-17(16)15-12-25-21(26-13-15)20-23-6-3-7-24-20/h3-7,10,12-13,16-17H,1-2,8-9,11H2/t16-,17-/m0/s1. The van der Waals surface area contributed by atoms with Crippen LogP contribution in [0.3, 0.4) is 0 Å². The van der Waals surface area contributed by atoms with Crippen molar-refractivity contribution in [3.8, 4) is 11.6 Å². The van der Waals surface area contributed by atoms with Gasteiger partial charge in [0.2, 0.25) is 0 Å². The molecular formula is C21H20ClN5. The molecule has 2 atom stereocenters. The third kappa shape index (κ3) is 3.28. The second-order valence-electron chi connectivity index (χ2n) is 7.27. The van der Waals surface area contributed by atoms with Crippen molar-refractivity contribution in [2.24, 2.45) is 0 Å². The first-order valence-electron chi connectivity index (χ1n) is 9.43. The van der Waals surface area contributed by atoms with Gasteiger partial charge < -0.3 is 4.90 Å². The topological polar surface area (TPSA) is 54.8 Å². The van der Waals surface area contributed by atoms with Crippen LogP contribution >= 0.6 is 11.6 Å². The third-order valence-electron chi connectivity index (χ3n) is 5.50. The van der Waals surface area contributed by atoms with Crippen LogP contribution in [0, 0.1) is 0 Å². The summed E-state index contributed by atoms with van der Waals surface area (Å²) in [6.07, 6.45) is 10.9. The summed E-state index contributed by atoms with van der Waals surface area (Å²) in [5, 5.41) is 0.855. The number of hydrogen-bond acceptors (Lipinski definition) is 5. The van der Waals surface area contributed by atoms with Crippen molar-refractivity contribution in [1.82, 2.24) is 19.9 Å². The fourth-order valence-corrected chi connectivity index (χ4v) is 4.19. The van der Waals surface area contributed by atoms with E-state index in [0.29, 0.717) is 23.5 Å². The van der Waals surface area contributed by atoms with E-state index in [-0.39, 0.29) is 0 Å². The molecule has 136 valence electrons. The summed E-state index contributed by atoms with van der Waals surface area (Å²) >= 11 is 6.46. The molecule has 1 aromatic carbocycles. The molecule has 3 heterocycles. The number of anilines is 1. The molecule has 27 heavy (non-hydrogen) atoms. The van der Waals surface area contributed by atoms with Gasteiger partial charge in [-0.3, -0.25) is 0 Å². The lowest BCUT2D eigenvalue weighted by molar-refractivity contribution is 0.949. The lowest BCUT2D eigenvalue weighted by Crippen LogP contribution is -2.18. The molecular weight excluding hydrogens is 358 g/mol. The molecule has 0 N–H and O–H groups in total. The van der Waals surface area contributed by atoms with Gasteiger partial charge in [-0.05, 0) is 60.4 Å². The number of aromatic nitrogens is 4. The largest absolute Gasteiger partial charge is 0.370 e. The van der Waals surface area contributed by atoms with E-state index >= 15 is 0 Å². The van der Waals surface area contributed by atoms with E-state index in [1.165, 1.54) is 29.7 Å². The van der Waals surface area contributed by atoms with Crippen molar-refractivity contribution in [1.29, 1.82) is 0 Å². The molecule has 6 heteroatoms. The van der Waals surface area contributed by atoms with Crippen molar-refractivity contribution in [3.63, 3.8) is 0 Å². The highest BCUT2D eigenvalue weighted by Crippen LogP contribution is 2.55. The lowest BCUT2D eigenvalue weighted by atomic mass is 10.1. The fourth-order valence-electron chi connectivity index (χ4n) is 3.95. The monoisotopic (exact) mass is 377 g/mol. The number of halogens is 1. The van der Waals surface area contributed by atoms with Crippen LogP contribution in [-0.2, 0) is 0 Å². The van der Waals surface area contributed by atoms with Crippen LogP contribution in [0.5, 0.6) is 0 Å². The highest BCUT2D eigenvalue weighted by atomic mass is 35.5. The summed E-state index contributed by atoms with van der Waals surface area (Å²) in [5.41, 5.74) is 3.73. The average molecular weight is 378 g/mol. The quantitative estimate of drug-likeness (QED) is 0.672. The Kier molecular flexibility index (Phi) is 4.24. The number of benzene rings is 1. The maximum absolute atomic E-state index is 6.46. The Balaban J connectivity index is 1.34. The first-order chi connectivity index (χ1) is 13.3. The molecule has 3 aromatic rings. The number of hydrogen-bond donors (Lipinski definition) is 0. The molecule has 2 aliphatic rings. The van der Waals surface area contributed by atoms with Crippen LogP contribution in [-0.4, -0.2) is 33.0 Å². The minimum Gasteiger partial charge on any atom is -0.370 e. The molecule has 1 aliphatic carbocycles. The van der Waals surface area contributed by atoms with Gasteiger partial charge in [0.1, 0.15) is 0 Å². The van der Waals surface area contributed by atoms with Crippen LogP contribution in [0.15, 0.2) is 49.1 Å². The van der Waals surface area contributed by atoms with Crippen LogP contribution < -0.4 is 4.90 Å². The van der Waals surface area contributed by atoms with Gasteiger partial charge in [0.25, 0.3) is 0 Å². The van der Waals surface area contributed by atoms with E-state index in [1.54, 1.807) is 18.5 Å². The molecule has 2 aromatic heterocycles. The Bertz CT molecular complexity index is 939. The minimum atomic E-state index is 0.475. The summed E-state index contributed by atoms with van der Waals surface area (Å²) in [6.45, 7) is 2.21. The molecule has 0 unspecified atom stereocenters. The SMILES string of the molecule is Clc1ccc([C@@H]2C[C@H]2c2cnc(-c3ncccn3)nc2)cc1N1CCCC1. The molecule has 1 saturated carbocycles. The normalized spacial score (nSPS) is 21.4. The summed E-state index contributed by atoms with van der Waals surface area (Å²) in [7, 11) is 0.